The van der Waals surface area contributed by atoms with Crippen molar-refractivity contribution in [2.24, 2.45) is 0 Å². The molecule has 1 aliphatic rings. The number of benzene rings is 2. The van der Waals surface area contributed by atoms with E-state index < -0.39 is 5.60 Å². The molecule has 0 atom stereocenters. The lowest BCUT2D eigenvalue weighted by atomic mass is 9.85. The van der Waals surface area contributed by atoms with E-state index in [1.807, 2.05) is 48.6 Å². The Labute approximate surface area is 119 Å². The molecule has 1 heterocycles. The van der Waals surface area contributed by atoms with E-state index in [0.717, 1.165) is 11.1 Å². The van der Waals surface area contributed by atoms with E-state index in [1.54, 1.807) is 13.4 Å². The maximum Gasteiger partial charge on any atom is 0.177 e. The van der Waals surface area contributed by atoms with Crippen molar-refractivity contribution in [1.29, 1.82) is 0 Å². The summed E-state index contributed by atoms with van der Waals surface area (Å²) in [6.45, 7) is 0. The number of ether oxygens (including phenoxy) is 2. The van der Waals surface area contributed by atoms with Gasteiger partial charge < -0.3 is 9.47 Å². The molecule has 2 aromatic carbocycles. The van der Waals surface area contributed by atoms with E-state index in [0.29, 0.717) is 5.76 Å². The molecule has 0 N–H and O–H groups in total. The Kier molecular flexibility index (Phi) is 3.30. The van der Waals surface area contributed by atoms with E-state index in [1.165, 1.54) is 0 Å². The summed E-state index contributed by atoms with van der Waals surface area (Å²) in [4.78, 5) is 0. The van der Waals surface area contributed by atoms with Crippen LogP contribution in [-0.2, 0) is 15.1 Å². The summed E-state index contributed by atoms with van der Waals surface area (Å²) in [6, 6.07) is 20.4. The highest BCUT2D eigenvalue weighted by atomic mass is 16.5. The molecule has 2 aromatic rings. The van der Waals surface area contributed by atoms with Crippen molar-refractivity contribution in [3.05, 3.63) is 96.0 Å². The predicted octanol–water partition coefficient (Wildman–Crippen LogP) is 4.00. The van der Waals surface area contributed by atoms with Crippen LogP contribution in [0.25, 0.3) is 0 Å². The van der Waals surface area contributed by atoms with Crippen molar-refractivity contribution in [2.75, 3.05) is 7.11 Å². The Morgan fingerprint density at radius 1 is 0.850 bits per heavy atom. The average molecular weight is 264 g/mol. The van der Waals surface area contributed by atoms with E-state index in [4.69, 9.17) is 9.47 Å². The highest BCUT2D eigenvalue weighted by Crippen LogP contribution is 2.38. The van der Waals surface area contributed by atoms with Crippen LogP contribution in [0.1, 0.15) is 11.1 Å². The molecular weight excluding hydrogens is 248 g/mol. The second-order valence-corrected chi connectivity index (χ2v) is 4.64. The molecule has 1 aliphatic heterocycles. The average Bonchev–Trinajstić information content (AvgIpc) is 2.56. The van der Waals surface area contributed by atoms with Gasteiger partial charge in [-0.25, -0.2) is 0 Å². The molecular formula is C18H16O2. The van der Waals surface area contributed by atoms with Crippen molar-refractivity contribution in [2.45, 2.75) is 5.60 Å². The summed E-state index contributed by atoms with van der Waals surface area (Å²) in [5, 5.41) is 0. The van der Waals surface area contributed by atoms with Crippen LogP contribution in [0, 0.1) is 0 Å². The maximum absolute atomic E-state index is 6.07. The van der Waals surface area contributed by atoms with Gasteiger partial charge in [-0.3, -0.25) is 0 Å². The first kappa shape index (κ1) is 12.5. The molecule has 0 saturated heterocycles. The monoisotopic (exact) mass is 264 g/mol. The lowest BCUT2D eigenvalue weighted by Crippen LogP contribution is -2.29. The molecule has 0 radical (unpaired) electrons. The first-order valence-electron chi connectivity index (χ1n) is 6.57. The summed E-state index contributed by atoms with van der Waals surface area (Å²) in [5.74, 6) is 0.715. The van der Waals surface area contributed by atoms with Crippen LogP contribution in [0.4, 0.5) is 0 Å². The Bertz CT molecular complexity index is 587. The van der Waals surface area contributed by atoms with Crippen LogP contribution in [0.5, 0.6) is 0 Å². The minimum atomic E-state index is -0.593. The van der Waals surface area contributed by atoms with E-state index in [9.17, 15) is 0 Å². The van der Waals surface area contributed by atoms with E-state index in [-0.39, 0.29) is 0 Å². The Balaban J connectivity index is 2.11. The third kappa shape index (κ3) is 2.10. The number of methoxy groups -OCH3 is 1. The van der Waals surface area contributed by atoms with Gasteiger partial charge in [-0.1, -0.05) is 60.7 Å². The molecule has 0 unspecified atom stereocenters. The minimum absolute atomic E-state index is 0.593. The molecule has 0 saturated carbocycles. The second-order valence-electron chi connectivity index (χ2n) is 4.64. The van der Waals surface area contributed by atoms with Crippen molar-refractivity contribution in [1.82, 2.24) is 0 Å². The first-order chi connectivity index (χ1) is 9.85. The summed E-state index contributed by atoms with van der Waals surface area (Å²) in [6.07, 6.45) is 5.65. The quantitative estimate of drug-likeness (QED) is 0.834. The molecule has 0 spiro atoms. The topological polar surface area (TPSA) is 18.5 Å². The van der Waals surface area contributed by atoms with Gasteiger partial charge in [-0.05, 0) is 12.2 Å². The van der Waals surface area contributed by atoms with E-state index >= 15 is 0 Å². The zero-order valence-electron chi connectivity index (χ0n) is 11.3. The zero-order chi connectivity index (χ0) is 13.8. The van der Waals surface area contributed by atoms with Crippen molar-refractivity contribution >= 4 is 0 Å². The molecule has 2 heteroatoms. The number of rotatable bonds is 3. The highest BCUT2D eigenvalue weighted by molar-refractivity contribution is 5.43. The fourth-order valence-corrected chi connectivity index (χ4v) is 2.41. The second kappa shape index (κ2) is 5.25. The summed E-state index contributed by atoms with van der Waals surface area (Å²) in [5.41, 5.74) is 1.59. The standard InChI is InChI=1S/C18H16O2/c1-19-17-12-13-18(20-14-17,15-8-4-2-5-9-15)16-10-6-3-7-11-16/h2-14H,1H3. The van der Waals surface area contributed by atoms with Crippen LogP contribution in [0.15, 0.2) is 84.8 Å². The van der Waals surface area contributed by atoms with Crippen molar-refractivity contribution in [3.8, 4) is 0 Å². The van der Waals surface area contributed by atoms with Crippen LogP contribution in [0.2, 0.25) is 0 Å². The van der Waals surface area contributed by atoms with Gasteiger partial charge in [-0.15, -0.1) is 0 Å². The van der Waals surface area contributed by atoms with Gasteiger partial charge in [0.1, 0.15) is 6.26 Å². The smallest absolute Gasteiger partial charge is 0.177 e. The Morgan fingerprint density at radius 2 is 1.40 bits per heavy atom. The third-order valence-corrected chi connectivity index (χ3v) is 3.48. The largest absolute Gasteiger partial charge is 0.494 e. The summed E-state index contributed by atoms with van der Waals surface area (Å²) >= 11 is 0. The first-order valence-corrected chi connectivity index (χ1v) is 6.57. The number of allylic oxidation sites excluding steroid dienone is 1. The molecule has 0 aliphatic carbocycles. The van der Waals surface area contributed by atoms with Crippen LogP contribution in [-0.4, -0.2) is 7.11 Å². The van der Waals surface area contributed by atoms with Gasteiger partial charge >= 0.3 is 0 Å². The van der Waals surface area contributed by atoms with Gasteiger partial charge in [0, 0.05) is 11.1 Å². The molecule has 0 fully saturated rings. The lowest BCUT2D eigenvalue weighted by molar-refractivity contribution is 0.0881. The van der Waals surface area contributed by atoms with E-state index in [2.05, 4.69) is 24.3 Å². The van der Waals surface area contributed by atoms with Crippen molar-refractivity contribution in [3.63, 3.8) is 0 Å². The van der Waals surface area contributed by atoms with Crippen molar-refractivity contribution < 1.29 is 9.47 Å². The van der Waals surface area contributed by atoms with Gasteiger partial charge in [0.2, 0.25) is 0 Å². The predicted molar refractivity (Wildman–Crippen MR) is 79.0 cm³/mol. The highest BCUT2D eigenvalue weighted by Gasteiger charge is 2.34. The minimum Gasteiger partial charge on any atom is -0.494 e. The number of hydrogen-bond acceptors (Lipinski definition) is 2. The van der Waals surface area contributed by atoms with Gasteiger partial charge in [-0.2, -0.15) is 0 Å². The third-order valence-electron chi connectivity index (χ3n) is 3.48. The molecule has 0 aromatic heterocycles. The Hall–Kier alpha value is -2.48. The number of hydrogen-bond donors (Lipinski definition) is 0. The summed E-state index contributed by atoms with van der Waals surface area (Å²) < 4.78 is 11.3. The van der Waals surface area contributed by atoms with Gasteiger partial charge in [0.25, 0.3) is 0 Å². The lowest BCUT2D eigenvalue weighted by Gasteiger charge is -2.33. The molecule has 0 bridgehead atoms. The summed E-state index contributed by atoms with van der Waals surface area (Å²) in [7, 11) is 1.64. The Morgan fingerprint density at radius 3 is 1.80 bits per heavy atom. The molecule has 2 nitrogen and oxygen atoms in total. The molecule has 3 rings (SSSR count). The SMILES string of the molecule is COC1=COC(c2ccccc2)(c2ccccc2)C=C1. The zero-order valence-corrected chi connectivity index (χ0v) is 11.3. The van der Waals surface area contributed by atoms with Crippen LogP contribution in [0.3, 0.4) is 0 Å². The van der Waals surface area contributed by atoms with Gasteiger partial charge in [0.15, 0.2) is 11.4 Å². The van der Waals surface area contributed by atoms with Crippen LogP contribution >= 0.6 is 0 Å². The fraction of sp³-hybridized carbons (Fsp3) is 0.111. The molecule has 20 heavy (non-hydrogen) atoms. The fourth-order valence-electron chi connectivity index (χ4n) is 2.41. The van der Waals surface area contributed by atoms with Crippen LogP contribution < -0.4 is 0 Å². The normalized spacial score (nSPS) is 16.1. The molecule has 0 amide bonds. The van der Waals surface area contributed by atoms with Gasteiger partial charge in [0.05, 0.1) is 7.11 Å². The molecule has 100 valence electrons. The maximum atomic E-state index is 6.07.